The molecule has 1 aromatic heterocycles. The van der Waals surface area contributed by atoms with Crippen molar-refractivity contribution in [2.24, 2.45) is 4.99 Å². The van der Waals surface area contributed by atoms with Crippen LogP contribution in [0.1, 0.15) is 17.5 Å². The van der Waals surface area contributed by atoms with Gasteiger partial charge in [-0.3, -0.25) is 4.90 Å². The van der Waals surface area contributed by atoms with Crippen molar-refractivity contribution in [2.75, 3.05) is 32.0 Å². The zero-order valence-electron chi connectivity index (χ0n) is 20.3. The van der Waals surface area contributed by atoms with Crippen LogP contribution in [0.2, 0.25) is 0 Å². The molecule has 0 aliphatic carbocycles. The third kappa shape index (κ3) is 5.46. The molecule has 3 heterocycles. The Labute approximate surface area is 231 Å². The molecule has 4 nitrogen and oxygen atoms in total. The Hall–Kier alpha value is -2.71. The molecule has 194 valence electrons. The molecule has 9 heteroatoms. The first-order chi connectivity index (χ1) is 17.0. The fraction of sp³-hybridized carbons (Fsp3) is 0.250. The van der Waals surface area contributed by atoms with Gasteiger partial charge in [-0.1, -0.05) is 30.3 Å². The van der Waals surface area contributed by atoms with Crippen molar-refractivity contribution in [3.8, 4) is 0 Å². The topological polar surface area (TPSA) is 30.9 Å². The number of hydrogen-bond acceptors (Lipinski definition) is 5. The second-order valence-electron chi connectivity index (χ2n) is 9.27. The average molecular weight is 562 g/mol. The van der Waals surface area contributed by atoms with Gasteiger partial charge in [0.25, 0.3) is 0 Å². The summed E-state index contributed by atoms with van der Waals surface area (Å²) in [5.74, 6) is 0.460. The number of aliphatic imine (C=N–C) groups is 1. The lowest BCUT2D eigenvalue weighted by Gasteiger charge is -2.41. The molecule has 4 aromatic rings. The van der Waals surface area contributed by atoms with Crippen LogP contribution in [0.15, 0.2) is 71.7 Å². The van der Waals surface area contributed by atoms with Gasteiger partial charge in [-0.2, -0.15) is 0 Å². The third-order valence-corrected chi connectivity index (χ3v) is 8.07. The highest BCUT2D eigenvalue weighted by molar-refractivity contribution is 7.23. The summed E-state index contributed by atoms with van der Waals surface area (Å²) in [5, 5.41) is 5.61. The fourth-order valence-electron chi connectivity index (χ4n) is 5.06. The minimum atomic E-state index is -0.283. The minimum absolute atomic E-state index is 0. The van der Waals surface area contributed by atoms with E-state index in [-0.39, 0.29) is 36.4 Å². The number of anilines is 2. The van der Waals surface area contributed by atoms with Crippen molar-refractivity contribution in [3.05, 3.63) is 89.5 Å². The maximum atomic E-state index is 14.1. The third-order valence-electron chi connectivity index (χ3n) is 6.98. The van der Waals surface area contributed by atoms with Gasteiger partial charge in [-0.05, 0) is 61.9 Å². The van der Waals surface area contributed by atoms with E-state index < -0.39 is 0 Å². The molecule has 1 unspecified atom stereocenters. The normalized spacial score (nSPS) is 17.0. The first kappa shape index (κ1) is 27.3. The van der Waals surface area contributed by atoms with E-state index in [4.69, 9.17) is 4.99 Å². The SMILES string of the molecule is CN1CCN(C2=Nc3ccc(F)cc3Nc3sc4ccccc4c32)CC1CCc1cccc(F)c1.Cl.Cl. The molecule has 2 aliphatic rings. The molecule has 1 N–H and O–H groups in total. The first-order valence-corrected chi connectivity index (χ1v) is 12.7. The van der Waals surface area contributed by atoms with Crippen LogP contribution in [-0.2, 0) is 6.42 Å². The molecular formula is C28H28Cl2F2N4S. The van der Waals surface area contributed by atoms with Crippen LogP contribution < -0.4 is 5.32 Å². The van der Waals surface area contributed by atoms with Crippen LogP contribution in [0.4, 0.5) is 25.2 Å². The Balaban J connectivity index is 0.00000160. The van der Waals surface area contributed by atoms with Crippen LogP contribution in [0.3, 0.4) is 0 Å². The van der Waals surface area contributed by atoms with Crippen molar-refractivity contribution in [3.63, 3.8) is 0 Å². The summed E-state index contributed by atoms with van der Waals surface area (Å²) in [7, 11) is 2.16. The smallest absolute Gasteiger partial charge is 0.140 e. The van der Waals surface area contributed by atoms with Crippen LogP contribution in [0.5, 0.6) is 0 Å². The number of fused-ring (bicyclic) bond motifs is 4. The van der Waals surface area contributed by atoms with E-state index in [2.05, 4.69) is 40.4 Å². The molecule has 0 radical (unpaired) electrons. The van der Waals surface area contributed by atoms with E-state index in [9.17, 15) is 8.78 Å². The summed E-state index contributed by atoms with van der Waals surface area (Å²) in [6.07, 6.45) is 1.75. The van der Waals surface area contributed by atoms with E-state index in [1.165, 1.54) is 22.9 Å². The predicted octanol–water partition coefficient (Wildman–Crippen LogP) is 7.41. The molecule has 0 bridgehead atoms. The van der Waals surface area contributed by atoms with Crippen molar-refractivity contribution in [2.45, 2.75) is 18.9 Å². The van der Waals surface area contributed by atoms with Gasteiger partial charge in [-0.25, -0.2) is 13.8 Å². The number of benzene rings is 3. The van der Waals surface area contributed by atoms with Gasteiger partial charge in [-0.15, -0.1) is 36.2 Å². The zero-order valence-corrected chi connectivity index (χ0v) is 22.7. The molecule has 0 amide bonds. The zero-order chi connectivity index (χ0) is 23.9. The highest BCUT2D eigenvalue weighted by atomic mass is 35.5. The van der Waals surface area contributed by atoms with Crippen molar-refractivity contribution in [1.29, 1.82) is 0 Å². The van der Waals surface area contributed by atoms with Crippen molar-refractivity contribution < 1.29 is 8.78 Å². The molecule has 3 aromatic carbocycles. The van der Waals surface area contributed by atoms with Gasteiger partial charge in [0.1, 0.15) is 22.5 Å². The number of piperazine rings is 1. The van der Waals surface area contributed by atoms with Gasteiger partial charge in [0.15, 0.2) is 0 Å². The van der Waals surface area contributed by atoms with Crippen molar-refractivity contribution in [1.82, 2.24) is 9.80 Å². The van der Waals surface area contributed by atoms with E-state index >= 15 is 0 Å². The molecule has 1 fully saturated rings. The largest absolute Gasteiger partial charge is 0.353 e. The quantitative estimate of drug-likeness (QED) is 0.283. The summed E-state index contributed by atoms with van der Waals surface area (Å²) in [6, 6.07) is 20.3. The first-order valence-electron chi connectivity index (χ1n) is 11.9. The van der Waals surface area contributed by atoms with E-state index in [0.717, 1.165) is 65.5 Å². The molecule has 1 saturated heterocycles. The average Bonchev–Trinajstić information content (AvgIpc) is 3.13. The number of thiophene rings is 1. The number of nitrogens with zero attached hydrogens (tertiary/aromatic N) is 3. The van der Waals surface area contributed by atoms with Gasteiger partial charge in [0.2, 0.25) is 0 Å². The standard InChI is InChI=1S/C28H26F2N4S.2ClH/c1-33-13-14-34(17-21(33)11-9-18-5-4-6-19(29)15-18)27-26-22-7-2-3-8-25(22)35-28(26)32-24-16-20(30)10-12-23(24)31-27;;/h2-8,10,12,15-16,21,32H,9,11,13-14,17H2,1H3;2*1H. The summed E-state index contributed by atoms with van der Waals surface area (Å²) in [6.45, 7) is 2.59. The highest BCUT2D eigenvalue weighted by Crippen LogP contribution is 2.43. The van der Waals surface area contributed by atoms with Crippen LogP contribution >= 0.6 is 36.2 Å². The van der Waals surface area contributed by atoms with Crippen LogP contribution in [0.25, 0.3) is 10.1 Å². The molecule has 6 rings (SSSR count). The van der Waals surface area contributed by atoms with Gasteiger partial charge in [0, 0.05) is 35.8 Å². The molecular weight excluding hydrogens is 533 g/mol. The fourth-order valence-corrected chi connectivity index (χ4v) is 6.17. The molecule has 0 spiro atoms. The summed E-state index contributed by atoms with van der Waals surface area (Å²) < 4.78 is 28.9. The summed E-state index contributed by atoms with van der Waals surface area (Å²) >= 11 is 1.67. The van der Waals surface area contributed by atoms with Gasteiger partial charge < -0.3 is 10.2 Å². The Morgan fingerprint density at radius 2 is 1.78 bits per heavy atom. The molecule has 1 atom stereocenters. The molecule has 37 heavy (non-hydrogen) atoms. The van der Waals surface area contributed by atoms with Crippen molar-refractivity contribution >= 4 is 68.4 Å². The maximum Gasteiger partial charge on any atom is 0.140 e. The van der Waals surface area contributed by atoms with E-state index in [1.807, 2.05) is 12.1 Å². The molecule has 0 saturated carbocycles. The number of nitrogens with one attached hydrogen (secondary N) is 1. The molecule has 2 aliphatic heterocycles. The lowest BCUT2D eigenvalue weighted by molar-refractivity contribution is 0.134. The van der Waals surface area contributed by atoms with Crippen LogP contribution in [-0.4, -0.2) is 48.4 Å². The van der Waals surface area contributed by atoms with Gasteiger partial charge in [0.05, 0.1) is 16.9 Å². The Kier molecular flexibility index (Phi) is 8.39. The summed E-state index contributed by atoms with van der Waals surface area (Å²) in [5.41, 5.74) is 3.53. The lowest BCUT2D eigenvalue weighted by atomic mass is 10.0. The number of rotatable bonds is 3. The number of hydrogen-bond donors (Lipinski definition) is 1. The number of likely N-dealkylation sites (N-methyl/N-ethyl adjacent to an activating group) is 1. The number of halogens is 4. The Bertz CT molecular complexity index is 1440. The summed E-state index contributed by atoms with van der Waals surface area (Å²) in [4.78, 5) is 9.87. The number of aryl methyl sites for hydroxylation is 1. The number of amidine groups is 1. The Morgan fingerprint density at radius 1 is 0.973 bits per heavy atom. The maximum absolute atomic E-state index is 14.1. The Morgan fingerprint density at radius 3 is 2.62 bits per heavy atom. The second kappa shape index (κ2) is 11.4. The predicted molar refractivity (Wildman–Crippen MR) is 155 cm³/mol. The highest BCUT2D eigenvalue weighted by Gasteiger charge is 2.31. The van der Waals surface area contributed by atoms with Gasteiger partial charge >= 0.3 is 0 Å². The second-order valence-corrected chi connectivity index (χ2v) is 10.3. The lowest BCUT2D eigenvalue weighted by Crippen LogP contribution is -2.53. The minimum Gasteiger partial charge on any atom is -0.353 e. The van der Waals surface area contributed by atoms with E-state index in [0.29, 0.717) is 11.7 Å². The van der Waals surface area contributed by atoms with E-state index in [1.54, 1.807) is 29.5 Å². The van der Waals surface area contributed by atoms with Crippen LogP contribution in [0, 0.1) is 11.6 Å². The monoisotopic (exact) mass is 560 g/mol.